The first-order valence-electron chi connectivity index (χ1n) is 9.88. The Morgan fingerprint density at radius 2 is 1.47 bits per heavy atom. The lowest BCUT2D eigenvalue weighted by Gasteiger charge is -2.25. The van der Waals surface area contributed by atoms with Gasteiger partial charge in [0.2, 0.25) is 17.7 Å². The summed E-state index contributed by atoms with van der Waals surface area (Å²) in [5.41, 5.74) is 10.9. The molecule has 9 N–H and O–H groups in total. The Labute approximate surface area is 182 Å². The number of aliphatic carboxylic acids is 1. The number of nitrogens with two attached hydrogens (primary N) is 2. The van der Waals surface area contributed by atoms with Crippen molar-refractivity contribution in [3.8, 4) is 0 Å². The van der Waals surface area contributed by atoms with Gasteiger partial charge in [-0.2, -0.15) is 12.6 Å². The van der Waals surface area contributed by atoms with Crippen molar-refractivity contribution in [2.24, 2.45) is 17.4 Å². The number of rotatable bonds is 15. The lowest BCUT2D eigenvalue weighted by Crippen LogP contribution is -2.58. The molecular formula is C18H35N5O6S. The van der Waals surface area contributed by atoms with Crippen molar-refractivity contribution in [1.29, 1.82) is 0 Å². The molecule has 0 spiro atoms. The van der Waals surface area contributed by atoms with E-state index in [4.69, 9.17) is 16.6 Å². The third kappa shape index (κ3) is 10.8. The molecule has 0 aromatic carbocycles. The van der Waals surface area contributed by atoms with Crippen molar-refractivity contribution >= 4 is 36.3 Å². The van der Waals surface area contributed by atoms with Gasteiger partial charge in [-0.05, 0) is 38.1 Å². The standard InChI is InChI=1S/C18H35N5O6S/c1-10(2)7-13(18(28)29)22-16(26)12(5-3-4-6-19)21-17(27)14(9-30)23-15(25)11(20)8-24/h10-14,24,30H,3-9,19-20H2,1-2H3,(H,21,27)(H,22,26)(H,23,25)(H,28,29). The lowest BCUT2D eigenvalue weighted by atomic mass is 10.0. The zero-order chi connectivity index (χ0) is 23.3. The number of aliphatic hydroxyl groups excluding tert-OH is 1. The Kier molecular flexibility index (Phi) is 14.0. The van der Waals surface area contributed by atoms with Crippen LogP contribution >= 0.6 is 12.6 Å². The summed E-state index contributed by atoms with van der Waals surface area (Å²) in [6.07, 6.45) is 1.63. The Bertz CT molecular complexity index is 577. The SMILES string of the molecule is CC(C)CC(NC(=O)C(CCCCN)NC(=O)C(CS)NC(=O)C(N)CO)C(=O)O. The molecule has 0 fully saturated rings. The van der Waals surface area contributed by atoms with Gasteiger partial charge < -0.3 is 37.6 Å². The average molecular weight is 450 g/mol. The second kappa shape index (κ2) is 15.0. The first-order valence-corrected chi connectivity index (χ1v) is 10.5. The van der Waals surface area contributed by atoms with E-state index >= 15 is 0 Å². The molecule has 0 aromatic rings. The fourth-order valence-electron chi connectivity index (χ4n) is 2.55. The molecule has 0 aliphatic carbocycles. The number of thiol groups is 1. The van der Waals surface area contributed by atoms with Gasteiger partial charge in [0.15, 0.2) is 0 Å². The summed E-state index contributed by atoms with van der Waals surface area (Å²) in [4.78, 5) is 48.5. The first kappa shape index (κ1) is 28.1. The van der Waals surface area contributed by atoms with E-state index in [9.17, 15) is 24.3 Å². The van der Waals surface area contributed by atoms with Gasteiger partial charge in [-0.25, -0.2) is 4.79 Å². The smallest absolute Gasteiger partial charge is 0.326 e. The molecule has 0 saturated carbocycles. The van der Waals surface area contributed by atoms with E-state index in [2.05, 4.69) is 28.6 Å². The van der Waals surface area contributed by atoms with Gasteiger partial charge in [-0.3, -0.25) is 14.4 Å². The van der Waals surface area contributed by atoms with Crippen LogP contribution in [-0.2, 0) is 19.2 Å². The second-order valence-electron chi connectivity index (χ2n) is 7.41. The number of carbonyl (C=O) groups excluding carboxylic acids is 3. The number of carbonyl (C=O) groups is 4. The predicted octanol–water partition coefficient (Wildman–Crippen LogP) is -2.05. The summed E-state index contributed by atoms with van der Waals surface area (Å²) in [6, 6.07) is -4.39. The van der Waals surface area contributed by atoms with Gasteiger partial charge in [-0.1, -0.05) is 13.8 Å². The molecule has 0 aromatic heterocycles. The number of carboxylic acid groups (broad SMARTS) is 1. The summed E-state index contributed by atoms with van der Waals surface area (Å²) in [5, 5.41) is 25.6. The highest BCUT2D eigenvalue weighted by atomic mass is 32.1. The Balaban J connectivity index is 5.24. The maximum absolute atomic E-state index is 12.7. The van der Waals surface area contributed by atoms with Gasteiger partial charge in [0.05, 0.1) is 6.61 Å². The molecule has 0 heterocycles. The van der Waals surface area contributed by atoms with Crippen LogP contribution in [0.4, 0.5) is 0 Å². The molecule has 0 bridgehead atoms. The van der Waals surface area contributed by atoms with Crippen molar-refractivity contribution < 1.29 is 29.4 Å². The van der Waals surface area contributed by atoms with Gasteiger partial charge in [0.25, 0.3) is 0 Å². The summed E-state index contributed by atoms with van der Waals surface area (Å²) in [6.45, 7) is 3.48. The van der Waals surface area contributed by atoms with E-state index in [1.54, 1.807) is 0 Å². The molecule has 0 radical (unpaired) electrons. The number of hydrogen-bond donors (Lipinski definition) is 8. The molecule has 11 nitrogen and oxygen atoms in total. The minimum atomic E-state index is -1.20. The van der Waals surface area contributed by atoms with Crippen molar-refractivity contribution in [2.75, 3.05) is 18.9 Å². The maximum Gasteiger partial charge on any atom is 0.326 e. The zero-order valence-electron chi connectivity index (χ0n) is 17.5. The average Bonchev–Trinajstić information content (AvgIpc) is 2.69. The number of unbranched alkanes of at least 4 members (excludes halogenated alkanes) is 1. The van der Waals surface area contributed by atoms with Crippen molar-refractivity contribution in [2.45, 2.75) is 63.7 Å². The second-order valence-corrected chi connectivity index (χ2v) is 7.77. The third-order valence-electron chi connectivity index (χ3n) is 4.25. The van der Waals surface area contributed by atoms with E-state index in [1.807, 2.05) is 13.8 Å². The molecule has 4 unspecified atom stereocenters. The molecule has 3 amide bonds. The van der Waals surface area contributed by atoms with Crippen LogP contribution in [0.25, 0.3) is 0 Å². The van der Waals surface area contributed by atoms with Crippen LogP contribution in [0.3, 0.4) is 0 Å². The number of amides is 3. The minimum Gasteiger partial charge on any atom is -0.480 e. The van der Waals surface area contributed by atoms with Crippen LogP contribution in [0, 0.1) is 5.92 Å². The van der Waals surface area contributed by atoms with Gasteiger partial charge >= 0.3 is 5.97 Å². The predicted molar refractivity (Wildman–Crippen MR) is 115 cm³/mol. The van der Waals surface area contributed by atoms with Crippen molar-refractivity contribution in [1.82, 2.24) is 16.0 Å². The molecular weight excluding hydrogens is 414 g/mol. The first-order chi connectivity index (χ1) is 14.1. The molecule has 0 aliphatic rings. The van der Waals surface area contributed by atoms with Crippen molar-refractivity contribution in [3.63, 3.8) is 0 Å². The minimum absolute atomic E-state index is 0.0381. The van der Waals surface area contributed by atoms with E-state index in [0.717, 1.165) is 0 Å². The number of nitrogens with one attached hydrogen (secondary N) is 3. The van der Waals surface area contributed by atoms with Crippen LogP contribution in [-0.4, -0.2) is 77.0 Å². The van der Waals surface area contributed by atoms with E-state index < -0.39 is 54.5 Å². The summed E-state index contributed by atoms with van der Waals surface area (Å²) in [7, 11) is 0. The Morgan fingerprint density at radius 3 is 1.93 bits per heavy atom. The highest BCUT2D eigenvalue weighted by molar-refractivity contribution is 7.80. The molecule has 174 valence electrons. The topological polar surface area (TPSA) is 197 Å². The normalized spacial score (nSPS) is 15.0. The Morgan fingerprint density at radius 1 is 0.933 bits per heavy atom. The summed E-state index contributed by atoms with van der Waals surface area (Å²) in [5.74, 6) is -3.24. The maximum atomic E-state index is 12.7. The van der Waals surface area contributed by atoms with Crippen LogP contribution < -0.4 is 27.4 Å². The summed E-state index contributed by atoms with van der Waals surface area (Å²) < 4.78 is 0. The van der Waals surface area contributed by atoms with E-state index in [0.29, 0.717) is 19.4 Å². The monoisotopic (exact) mass is 449 g/mol. The fraction of sp³-hybridized carbons (Fsp3) is 0.778. The molecule has 12 heteroatoms. The van der Waals surface area contributed by atoms with Gasteiger partial charge in [-0.15, -0.1) is 0 Å². The van der Waals surface area contributed by atoms with E-state index in [-0.39, 0.29) is 24.5 Å². The molecule has 4 atom stereocenters. The van der Waals surface area contributed by atoms with Crippen LogP contribution in [0.2, 0.25) is 0 Å². The van der Waals surface area contributed by atoms with Crippen molar-refractivity contribution in [3.05, 3.63) is 0 Å². The quantitative estimate of drug-likeness (QED) is 0.103. The molecule has 0 rings (SSSR count). The highest BCUT2D eigenvalue weighted by Gasteiger charge is 2.29. The summed E-state index contributed by atoms with van der Waals surface area (Å²) >= 11 is 4.03. The highest BCUT2D eigenvalue weighted by Crippen LogP contribution is 2.08. The van der Waals surface area contributed by atoms with Crippen LogP contribution in [0.5, 0.6) is 0 Å². The largest absolute Gasteiger partial charge is 0.480 e. The van der Waals surface area contributed by atoms with E-state index in [1.165, 1.54) is 0 Å². The van der Waals surface area contributed by atoms with Crippen LogP contribution in [0.1, 0.15) is 39.5 Å². The molecule has 0 saturated heterocycles. The molecule has 0 aliphatic heterocycles. The lowest BCUT2D eigenvalue weighted by molar-refractivity contribution is -0.142. The van der Waals surface area contributed by atoms with Gasteiger partial charge in [0.1, 0.15) is 24.2 Å². The zero-order valence-corrected chi connectivity index (χ0v) is 18.4. The number of carboxylic acids is 1. The number of aliphatic hydroxyl groups is 1. The number of hydrogen-bond acceptors (Lipinski definition) is 8. The third-order valence-corrected chi connectivity index (χ3v) is 4.62. The van der Waals surface area contributed by atoms with Gasteiger partial charge in [0, 0.05) is 5.75 Å². The Hall–Kier alpha value is -1.89. The fourth-order valence-corrected chi connectivity index (χ4v) is 2.81. The van der Waals surface area contributed by atoms with Crippen LogP contribution in [0.15, 0.2) is 0 Å². The molecule has 30 heavy (non-hydrogen) atoms.